The van der Waals surface area contributed by atoms with E-state index >= 15 is 0 Å². The molecule has 5 heteroatoms. The van der Waals surface area contributed by atoms with Crippen molar-refractivity contribution in [3.8, 4) is 0 Å². The monoisotopic (exact) mass is 315 g/mol. The smallest absolute Gasteiger partial charge is 0.308 e. The van der Waals surface area contributed by atoms with Crippen molar-refractivity contribution < 1.29 is 19.1 Å². The summed E-state index contributed by atoms with van der Waals surface area (Å²) in [6.07, 6.45) is 0.376. The average Bonchev–Trinajstić information content (AvgIpc) is 2.81. The lowest BCUT2D eigenvalue weighted by Gasteiger charge is -2.14. The third-order valence-electron chi connectivity index (χ3n) is 3.71. The summed E-state index contributed by atoms with van der Waals surface area (Å²) >= 11 is 0. The van der Waals surface area contributed by atoms with Crippen molar-refractivity contribution in [1.82, 2.24) is 5.32 Å². The number of furan rings is 1. The number of carboxylic acids is 1. The molecule has 1 aromatic carbocycles. The molecule has 0 saturated carbocycles. The number of rotatable bonds is 6. The minimum absolute atomic E-state index is 0.0752. The van der Waals surface area contributed by atoms with Gasteiger partial charge in [-0.05, 0) is 38.8 Å². The minimum Gasteiger partial charge on any atom is -0.481 e. The summed E-state index contributed by atoms with van der Waals surface area (Å²) in [7, 11) is 0. The molecule has 0 bridgehead atoms. The van der Waals surface area contributed by atoms with E-state index in [1.807, 2.05) is 31.2 Å². The number of aryl methyl sites for hydroxylation is 3. The fraction of sp³-hybridized carbons (Fsp3) is 0.333. The molecule has 122 valence electrons. The molecular weight excluding hydrogens is 294 g/mol. The van der Waals surface area contributed by atoms with E-state index in [-0.39, 0.29) is 12.5 Å². The quantitative estimate of drug-likeness (QED) is 0.859. The fourth-order valence-electron chi connectivity index (χ4n) is 2.54. The van der Waals surface area contributed by atoms with Crippen molar-refractivity contribution in [1.29, 1.82) is 0 Å². The summed E-state index contributed by atoms with van der Waals surface area (Å²) in [5, 5.41) is 12.1. The second-order valence-corrected chi connectivity index (χ2v) is 5.77. The highest BCUT2D eigenvalue weighted by molar-refractivity contribution is 5.95. The van der Waals surface area contributed by atoms with Crippen LogP contribution in [0.15, 0.2) is 34.7 Å². The third kappa shape index (κ3) is 4.45. The van der Waals surface area contributed by atoms with Crippen LogP contribution in [0.3, 0.4) is 0 Å². The first-order valence-corrected chi connectivity index (χ1v) is 7.50. The van der Waals surface area contributed by atoms with Crippen molar-refractivity contribution in [3.63, 3.8) is 0 Å². The second kappa shape index (κ2) is 7.13. The van der Waals surface area contributed by atoms with Crippen LogP contribution in [0, 0.1) is 26.7 Å². The Balaban J connectivity index is 2.01. The fourth-order valence-corrected chi connectivity index (χ4v) is 2.54. The van der Waals surface area contributed by atoms with Gasteiger partial charge in [0.1, 0.15) is 11.5 Å². The van der Waals surface area contributed by atoms with Crippen LogP contribution >= 0.6 is 0 Å². The Kier molecular flexibility index (Phi) is 5.21. The zero-order chi connectivity index (χ0) is 17.0. The van der Waals surface area contributed by atoms with Gasteiger partial charge in [0.2, 0.25) is 0 Å². The topological polar surface area (TPSA) is 79.5 Å². The Labute approximate surface area is 135 Å². The molecule has 2 rings (SSSR count). The Morgan fingerprint density at radius 1 is 1.22 bits per heavy atom. The highest BCUT2D eigenvalue weighted by Gasteiger charge is 2.21. The molecule has 1 atom stereocenters. The van der Waals surface area contributed by atoms with Crippen LogP contribution in [0.5, 0.6) is 0 Å². The zero-order valence-corrected chi connectivity index (χ0v) is 13.6. The van der Waals surface area contributed by atoms with Crippen LogP contribution in [-0.4, -0.2) is 23.5 Å². The van der Waals surface area contributed by atoms with Gasteiger partial charge in [-0.2, -0.15) is 0 Å². The molecule has 0 unspecified atom stereocenters. The first-order valence-electron chi connectivity index (χ1n) is 7.50. The van der Waals surface area contributed by atoms with Gasteiger partial charge in [0.25, 0.3) is 5.91 Å². The number of benzene rings is 1. The largest absolute Gasteiger partial charge is 0.481 e. The summed E-state index contributed by atoms with van der Waals surface area (Å²) < 4.78 is 5.32. The van der Waals surface area contributed by atoms with Crippen LogP contribution in [-0.2, 0) is 11.2 Å². The second-order valence-electron chi connectivity index (χ2n) is 5.77. The molecule has 0 saturated heterocycles. The lowest BCUT2D eigenvalue weighted by Crippen LogP contribution is -2.34. The molecule has 1 amide bonds. The maximum absolute atomic E-state index is 12.1. The molecule has 0 fully saturated rings. The van der Waals surface area contributed by atoms with E-state index in [0.717, 1.165) is 11.1 Å². The molecule has 1 heterocycles. The zero-order valence-electron chi connectivity index (χ0n) is 13.6. The molecule has 0 aliphatic carbocycles. The van der Waals surface area contributed by atoms with Crippen LogP contribution in [0.1, 0.15) is 33.0 Å². The average molecular weight is 315 g/mol. The SMILES string of the molecule is Cc1cccc(C[C@@H](CNC(=O)c2cc(C)oc2C)C(=O)O)c1. The summed E-state index contributed by atoms with van der Waals surface area (Å²) in [5.41, 5.74) is 2.48. The molecule has 0 aliphatic heterocycles. The van der Waals surface area contributed by atoms with E-state index in [1.54, 1.807) is 19.9 Å². The summed E-state index contributed by atoms with van der Waals surface area (Å²) in [6, 6.07) is 9.38. The summed E-state index contributed by atoms with van der Waals surface area (Å²) in [4.78, 5) is 23.6. The lowest BCUT2D eigenvalue weighted by atomic mass is 9.98. The molecule has 23 heavy (non-hydrogen) atoms. The number of nitrogens with one attached hydrogen (secondary N) is 1. The van der Waals surface area contributed by atoms with Crippen LogP contribution in [0.4, 0.5) is 0 Å². The summed E-state index contributed by atoms with van der Waals surface area (Å²) in [6.45, 7) is 5.52. The van der Waals surface area contributed by atoms with Crippen molar-refractivity contribution in [2.75, 3.05) is 6.54 Å². The molecule has 5 nitrogen and oxygen atoms in total. The molecule has 1 aromatic heterocycles. The van der Waals surface area contributed by atoms with Gasteiger partial charge in [-0.25, -0.2) is 0 Å². The Morgan fingerprint density at radius 3 is 2.52 bits per heavy atom. The van der Waals surface area contributed by atoms with Crippen LogP contribution in [0.25, 0.3) is 0 Å². The van der Waals surface area contributed by atoms with Gasteiger partial charge in [-0.3, -0.25) is 9.59 Å². The van der Waals surface area contributed by atoms with E-state index in [2.05, 4.69) is 5.32 Å². The predicted molar refractivity (Wildman–Crippen MR) is 86.5 cm³/mol. The maximum atomic E-state index is 12.1. The van der Waals surface area contributed by atoms with E-state index in [0.29, 0.717) is 23.5 Å². The van der Waals surface area contributed by atoms with Gasteiger partial charge in [-0.1, -0.05) is 29.8 Å². The molecule has 2 aromatic rings. The first kappa shape index (κ1) is 16.8. The van der Waals surface area contributed by atoms with Crippen LogP contribution in [0.2, 0.25) is 0 Å². The Hall–Kier alpha value is -2.56. The number of amides is 1. The normalized spacial score (nSPS) is 12.0. The number of hydrogen-bond donors (Lipinski definition) is 2. The minimum atomic E-state index is -0.924. The molecule has 0 spiro atoms. The van der Waals surface area contributed by atoms with Gasteiger partial charge >= 0.3 is 5.97 Å². The van der Waals surface area contributed by atoms with Crippen molar-refractivity contribution in [2.45, 2.75) is 27.2 Å². The van der Waals surface area contributed by atoms with Gasteiger partial charge in [0, 0.05) is 6.54 Å². The van der Waals surface area contributed by atoms with Crippen molar-refractivity contribution >= 4 is 11.9 Å². The number of carbonyl (C=O) groups is 2. The van der Waals surface area contributed by atoms with Crippen molar-refractivity contribution in [3.05, 3.63) is 58.5 Å². The van der Waals surface area contributed by atoms with Gasteiger partial charge < -0.3 is 14.8 Å². The van der Waals surface area contributed by atoms with E-state index in [1.165, 1.54) is 0 Å². The van der Waals surface area contributed by atoms with E-state index in [4.69, 9.17) is 4.42 Å². The van der Waals surface area contributed by atoms with E-state index in [9.17, 15) is 14.7 Å². The van der Waals surface area contributed by atoms with Crippen molar-refractivity contribution in [2.24, 2.45) is 5.92 Å². The standard InChI is InChI=1S/C18H21NO4/c1-11-5-4-6-14(7-11)9-15(18(21)22)10-19-17(20)16-8-12(2)23-13(16)3/h4-8,15H,9-10H2,1-3H3,(H,19,20)(H,21,22)/t15-/m0/s1. The number of carbonyl (C=O) groups excluding carboxylic acids is 1. The molecular formula is C18H21NO4. The lowest BCUT2D eigenvalue weighted by molar-refractivity contribution is -0.141. The first-order chi connectivity index (χ1) is 10.9. The molecule has 0 aliphatic rings. The highest BCUT2D eigenvalue weighted by Crippen LogP contribution is 2.14. The number of carboxylic acid groups (broad SMARTS) is 1. The predicted octanol–water partition coefficient (Wildman–Crippen LogP) is 2.88. The number of aliphatic carboxylic acids is 1. The highest BCUT2D eigenvalue weighted by atomic mass is 16.4. The van der Waals surface area contributed by atoms with Gasteiger partial charge in [0.05, 0.1) is 11.5 Å². The molecule has 2 N–H and O–H groups in total. The van der Waals surface area contributed by atoms with Crippen LogP contribution < -0.4 is 5.32 Å². The number of hydrogen-bond acceptors (Lipinski definition) is 3. The van der Waals surface area contributed by atoms with Gasteiger partial charge in [-0.15, -0.1) is 0 Å². The summed E-state index contributed by atoms with van der Waals surface area (Å²) in [5.74, 6) is -0.719. The van der Waals surface area contributed by atoms with Gasteiger partial charge in [0.15, 0.2) is 0 Å². The third-order valence-corrected chi connectivity index (χ3v) is 3.71. The Bertz CT molecular complexity index is 718. The molecule has 0 radical (unpaired) electrons. The van der Waals surface area contributed by atoms with E-state index < -0.39 is 11.9 Å². The maximum Gasteiger partial charge on any atom is 0.308 e. The Morgan fingerprint density at radius 2 is 1.96 bits per heavy atom.